The van der Waals surface area contributed by atoms with Crippen molar-refractivity contribution in [2.75, 3.05) is 11.9 Å². The molecule has 0 saturated carbocycles. The molecule has 70 valence electrons. The maximum atomic E-state index is 11.5. The third-order valence-corrected chi connectivity index (χ3v) is 2.93. The predicted octanol–water partition coefficient (Wildman–Crippen LogP) is 1.44. The van der Waals surface area contributed by atoms with Crippen LogP contribution < -0.4 is 10.6 Å². The molecule has 1 saturated heterocycles. The van der Waals surface area contributed by atoms with E-state index in [2.05, 4.69) is 10.6 Å². The van der Waals surface area contributed by atoms with E-state index in [9.17, 15) is 4.79 Å². The molecule has 1 aliphatic rings. The fourth-order valence-electron chi connectivity index (χ4n) is 1.47. The van der Waals surface area contributed by atoms with E-state index in [0.717, 1.165) is 24.4 Å². The third-order valence-electron chi connectivity index (χ3n) is 2.14. The highest BCUT2D eigenvalue weighted by atomic mass is 32.1. The van der Waals surface area contributed by atoms with Gasteiger partial charge in [-0.2, -0.15) is 0 Å². The highest BCUT2D eigenvalue weighted by molar-refractivity contribution is 7.14. The molecule has 1 atom stereocenters. The zero-order valence-electron chi connectivity index (χ0n) is 7.25. The molecule has 1 amide bonds. The molecule has 3 nitrogen and oxygen atoms in total. The Labute approximate surface area is 81.2 Å². The molecule has 0 aliphatic carbocycles. The van der Waals surface area contributed by atoms with Gasteiger partial charge in [0.05, 0.1) is 11.0 Å². The van der Waals surface area contributed by atoms with Gasteiger partial charge in [-0.3, -0.25) is 4.79 Å². The zero-order chi connectivity index (χ0) is 9.10. The van der Waals surface area contributed by atoms with E-state index in [-0.39, 0.29) is 11.9 Å². The Morgan fingerprint density at radius 3 is 3.23 bits per heavy atom. The van der Waals surface area contributed by atoms with Crippen LogP contribution in [-0.2, 0) is 4.79 Å². The SMILES string of the molecule is O=C(Nc1cccs1)[C@@H]1CCCN1. The van der Waals surface area contributed by atoms with Crippen LogP contribution in [0.4, 0.5) is 5.00 Å². The van der Waals surface area contributed by atoms with Crippen LogP contribution in [0.3, 0.4) is 0 Å². The van der Waals surface area contributed by atoms with Crippen LogP contribution in [-0.4, -0.2) is 18.5 Å². The lowest BCUT2D eigenvalue weighted by molar-refractivity contribution is -0.117. The van der Waals surface area contributed by atoms with E-state index in [1.165, 1.54) is 0 Å². The molecule has 1 aliphatic heterocycles. The Morgan fingerprint density at radius 1 is 1.69 bits per heavy atom. The quantitative estimate of drug-likeness (QED) is 0.751. The maximum Gasteiger partial charge on any atom is 0.242 e. The van der Waals surface area contributed by atoms with Crippen molar-refractivity contribution in [3.63, 3.8) is 0 Å². The summed E-state index contributed by atoms with van der Waals surface area (Å²) in [6, 6.07) is 3.86. The Balaban J connectivity index is 1.91. The second kappa shape index (κ2) is 3.89. The topological polar surface area (TPSA) is 41.1 Å². The van der Waals surface area contributed by atoms with Crippen molar-refractivity contribution < 1.29 is 4.79 Å². The van der Waals surface area contributed by atoms with E-state index in [0.29, 0.717) is 0 Å². The fraction of sp³-hybridized carbons (Fsp3) is 0.444. The average molecular weight is 196 g/mol. The molecule has 4 heteroatoms. The molecular formula is C9H12N2OS. The minimum atomic E-state index is 0.0158. The van der Waals surface area contributed by atoms with Gasteiger partial charge in [-0.05, 0) is 36.9 Å². The van der Waals surface area contributed by atoms with E-state index in [1.54, 1.807) is 11.3 Å². The summed E-state index contributed by atoms with van der Waals surface area (Å²) in [5.41, 5.74) is 0. The van der Waals surface area contributed by atoms with Crippen molar-refractivity contribution in [1.82, 2.24) is 5.32 Å². The van der Waals surface area contributed by atoms with Gasteiger partial charge in [-0.1, -0.05) is 0 Å². The van der Waals surface area contributed by atoms with Gasteiger partial charge in [0.15, 0.2) is 0 Å². The molecule has 0 unspecified atom stereocenters. The second-order valence-electron chi connectivity index (χ2n) is 3.12. The highest BCUT2D eigenvalue weighted by Crippen LogP contribution is 2.16. The lowest BCUT2D eigenvalue weighted by Gasteiger charge is -2.08. The molecular weight excluding hydrogens is 184 g/mol. The molecule has 1 aromatic rings. The average Bonchev–Trinajstić information content (AvgIpc) is 2.74. The summed E-state index contributed by atoms with van der Waals surface area (Å²) in [4.78, 5) is 11.5. The fourth-order valence-corrected chi connectivity index (χ4v) is 2.09. The Bertz CT molecular complexity index is 278. The first kappa shape index (κ1) is 8.72. The number of carbonyl (C=O) groups is 1. The maximum absolute atomic E-state index is 11.5. The van der Waals surface area contributed by atoms with Gasteiger partial charge in [0.25, 0.3) is 0 Å². The first-order chi connectivity index (χ1) is 6.36. The summed E-state index contributed by atoms with van der Waals surface area (Å²) in [7, 11) is 0. The number of hydrogen-bond donors (Lipinski definition) is 2. The van der Waals surface area contributed by atoms with Crippen molar-refractivity contribution in [2.24, 2.45) is 0 Å². The van der Waals surface area contributed by atoms with Crippen LogP contribution in [0.25, 0.3) is 0 Å². The van der Waals surface area contributed by atoms with Gasteiger partial charge < -0.3 is 10.6 Å². The Morgan fingerprint density at radius 2 is 2.62 bits per heavy atom. The molecule has 1 aromatic heterocycles. The van der Waals surface area contributed by atoms with Crippen molar-refractivity contribution in [3.8, 4) is 0 Å². The van der Waals surface area contributed by atoms with E-state index < -0.39 is 0 Å². The van der Waals surface area contributed by atoms with Crippen LogP contribution in [0.15, 0.2) is 17.5 Å². The number of carbonyl (C=O) groups excluding carboxylic acids is 1. The van der Waals surface area contributed by atoms with Crippen molar-refractivity contribution in [3.05, 3.63) is 17.5 Å². The van der Waals surface area contributed by atoms with Crippen LogP contribution in [0, 0.1) is 0 Å². The smallest absolute Gasteiger partial charge is 0.242 e. The molecule has 0 aromatic carbocycles. The lowest BCUT2D eigenvalue weighted by Crippen LogP contribution is -2.35. The standard InChI is InChI=1S/C9H12N2OS/c12-9(7-3-1-5-10-7)11-8-4-2-6-13-8/h2,4,6-7,10H,1,3,5H2,(H,11,12)/t7-/m0/s1. The normalized spacial score (nSPS) is 21.7. The van der Waals surface area contributed by atoms with Crippen LogP contribution >= 0.6 is 11.3 Å². The van der Waals surface area contributed by atoms with Crippen molar-refractivity contribution >= 4 is 22.2 Å². The van der Waals surface area contributed by atoms with E-state index >= 15 is 0 Å². The molecule has 0 radical (unpaired) electrons. The number of hydrogen-bond acceptors (Lipinski definition) is 3. The third kappa shape index (κ3) is 2.08. The van der Waals surface area contributed by atoms with Crippen LogP contribution in [0.2, 0.25) is 0 Å². The first-order valence-electron chi connectivity index (χ1n) is 4.44. The molecule has 13 heavy (non-hydrogen) atoms. The summed E-state index contributed by atoms with van der Waals surface area (Å²) in [6.07, 6.45) is 2.06. The summed E-state index contributed by atoms with van der Waals surface area (Å²) >= 11 is 1.55. The number of amides is 1. The Kier molecular flexibility index (Phi) is 2.61. The summed E-state index contributed by atoms with van der Waals surface area (Å²) < 4.78 is 0. The van der Waals surface area contributed by atoms with Crippen molar-refractivity contribution in [2.45, 2.75) is 18.9 Å². The molecule has 0 spiro atoms. The van der Waals surface area contributed by atoms with Gasteiger partial charge in [0.1, 0.15) is 0 Å². The van der Waals surface area contributed by atoms with E-state index in [4.69, 9.17) is 0 Å². The van der Waals surface area contributed by atoms with Crippen molar-refractivity contribution in [1.29, 1.82) is 0 Å². The minimum absolute atomic E-state index is 0.0158. The monoisotopic (exact) mass is 196 g/mol. The van der Waals surface area contributed by atoms with Gasteiger partial charge in [-0.15, -0.1) is 11.3 Å². The highest BCUT2D eigenvalue weighted by Gasteiger charge is 2.21. The largest absolute Gasteiger partial charge is 0.316 e. The van der Waals surface area contributed by atoms with Crippen LogP contribution in [0.5, 0.6) is 0 Å². The summed E-state index contributed by atoms with van der Waals surface area (Å²) in [5, 5.41) is 8.93. The molecule has 1 fully saturated rings. The summed E-state index contributed by atoms with van der Waals surface area (Å²) in [5.74, 6) is 0.0972. The predicted molar refractivity (Wildman–Crippen MR) is 54.0 cm³/mol. The molecule has 2 heterocycles. The second-order valence-corrected chi connectivity index (χ2v) is 4.06. The zero-order valence-corrected chi connectivity index (χ0v) is 8.06. The number of anilines is 1. The van der Waals surface area contributed by atoms with Gasteiger partial charge >= 0.3 is 0 Å². The Hall–Kier alpha value is -0.870. The number of rotatable bonds is 2. The molecule has 2 rings (SSSR count). The number of nitrogens with one attached hydrogen (secondary N) is 2. The lowest BCUT2D eigenvalue weighted by atomic mass is 10.2. The number of thiophene rings is 1. The minimum Gasteiger partial charge on any atom is -0.316 e. The first-order valence-corrected chi connectivity index (χ1v) is 5.32. The van der Waals surface area contributed by atoms with Gasteiger partial charge in [-0.25, -0.2) is 0 Å². The molecule has 2 N–H and O–H groups in total. The summed E-state index contributed by atoms with van der Waals surface area (Å²) in [6.45, 7) is 0.961. The van der Waals surface area contributed by atoms with Gasteiger partial charge in [0, 0.05) is 0 Å². The molecule has 0 bridgehead atoms. The van der Waals surface area contributed by atoms with Gasteiger partial charge in [0.2, 0.25) is 5.91 Å². The van der Waals surface area contributed by atoms with Crippen LogP contribution in [0.1, 0.15) is 12.8 Å². The van der Waals surface area contributed by atoms with E-state index in [1.807, 2.05) is 17.5 Å².